The van der Waals surface area contributed by atoms with E-state index in [1.165, 1.54) is 0 Å². The van der Waals surface area contributed by atoms with Crippen LogP contribution in [-0.2, 0) is 4.79 Å². The van der Waals surface area contributed by atoms with Crippen molar-refractivity contribution < 1.29 is 4.79 Å². The van der Waals surface area contributed by atoms with Gasteiger partial charge in [-0.3, -0.25) is 9.79 Å². The lowest BCUT2D eigenvalue weighted by Crippen LogP contribution is -2.51. The van der Waals surface area contributed by atoms with Crippen LogP contribution in [-0.4, -0.2) is 60.0 Å². The number of thioether (sulfide) groups is 1. The normalized spacial score (nSPS) is 18.2. The third-order valence-corrected chi connectivity index (χ3v) is 4.93. The Labute approximate surface area is 162 Å². The van der Waals surface area contributed by atoms with Crippen molar-refractivity contribution in [2.75, 3.05) is 38.5 Å². The summed E-state index contributed by atoms with van der Waals surface area (Å²) in [4.78, 5) is 19.1. The van der Waals surface area contributed by atoms with Gasteiger partial charge in [0.25, 0.3) is 0 Å². The molecule has 0 spiro atoms. The number of amides is 1. The van der Waals surface area contributed by atoms with E-state index in [4.69, 9.17) is 4.99 Å². The van der Waals surface area contributed by atoms with E-state index in [1.807, 2.05) is 32.5 Å². The Kier molecular flexibility index (Phi) is 9.88. The molecule has 0 bridgehead atoms. The molecule has 1 saturated heterocycles. The van der Waals surface area contributed by atoms with Crippen molar-refractivity contribution in [2.45, 2.75) is 46.3 Å². The van der Waals surface area contributed by atoms with Crippen LogP contribution in [0, 0.1) is 5.41 Å². The highest BCUT2D eigenvalue weighted by Gasteiger charge is 2.30. The maximum atomic E-state index is 12.1. The van der Waals surface area contributed by atoms with E-state index >= 15 is 0 Å². The van der Waals surface area contributed by atoms with Crippen molar-refractivity contribution in [3.05, 3.63) is 0 Å². The fourth-order valence-corrected chi connectivity index (χ4v) is 3.48. The average Bonchev–Trinajstić information content (AvgIpc) is 2.42. The minimum absolute atomic E-state index is 0. The zero-order chi connectivity index (χ0) is 16.8. The van der Waals surface area contributed by atoms with E-state index in [0.717, 1.165) is 31.3 Å². The van der Waals surface area contributed by atoms with Gasteiger partial charge in [-0.25, -0.2) is 0 Å². The summed E-state index contributed by atoms with van der Waals surface area (Å²) >= 11 is 2.01. The molecule has 7 heteroatoms. The minimum atomic E-state index is -0.489. The third-order valence-electron chi connectivity index (χ3n) is 3.64. The molecule has 1 aliphatic rings. The molecule has 0 aromatic rings. The molecule has 0 unspecified atom stereocenters. The molecule has 0 aromatic carbocycles. The first-order chi connectivity index (χ1) is 10.2. The highest BCUT2D eigenvalue weighted by molar-refractivity contribution is 14.0. The molecule has 1 fully saturated rings. The van der Waals surface area contributed by atoms with Crippen LogP contribution in [0.3, 0.4) is 0 Å². The molecule has 0 aromatic heterocycles. The molecule has 23 heavy (non-hydrogen) atoms. The summed E-state index contributed by atoms with van der Waals surface area (Å²) in [7, 11) is 0. The standard InChI is InChI=1S/C16H32N4OS.HI/c1-7-17-13(21)15(3,4)11-19-14(18-8-2)20-9-10-22-16(5,6)12-20;/h7-12H2,1-6H3,(H,17,21)(H,18,19);1H. The van der Waals surface area contributed by atoms with Gasteiger partial charge in [-0.05, 0) is 41.5 Å². The van der Waals surface area contributed by atoms with Gasteiger partial charge in [0.05, 0.1) is 12.0 Å². The Morgan fingerprint density at radius 3 is 2.39 bits per heavy atom. The molecule has 0 radical (unpaired) electrons. The largest absolute Gasteiger partial charge is 0.357 e. The average molecular weight is 456 g/mol. The first-order valence-electron chi connectivity index (χ1n) is 8.17. The molecule has 2 N–H and O–H groups in total. The van der Waals surface area contributed by atoms with Gasteiger partial charge >= 0.3 is 0 Å². The second-order valence-corrected chi connectivity index (χ2v) is 8.75. The molecule has 1 aliphatic heterocycles. The number of hydrogen-bond donors (Lipinski definition) is 2. The Morgan fingerprint density at radius 2 is 1.87 bits per heavy atom. The number of carbonyl (C=O) groups excluding carboxylic acids is 1. The third kappa shape index (κ3) is 7.49. The molecule has 0 saturated carbocycles. The van der Waals surface area contributed by atoms with Gasteiger partial charge in [-0.15, -0.1) is 24.0 Å². The Bertz CT molecular complexity index is 413. The van der Waals surface area contributed by atoms with Crippen molar-refractivity contribution in [1.82, 2.24) is 15.5 Å². The van der Waals surface area contributed by atoms with Crippen LogP contribution in [0.1, 0.15) is 41.5 Å². The molecule has 1 heterocycles. The summed E-state index contributed by atoms with van der Waals surface area (Å²) in [6.07, 6.45) is 0. The highest BCUT2D eigenvalue weighted by Crippen LogP contribution is 2.29. The quantitative estimate of drug-likeness (QED) is 0.380. The maximum absolute atomic E-state index is 12.1. The second kappa shape index (κ2) is 9.96. The smallest absolute Gasteiger partial charge is 0.227 e. The van der Waals surface area contributed by atoms with Crippen molar-refractivity contribution in [3.8, 4) is 0 Å². The SMILES string of the molecule is CCNC(=O)C(C)(C)CN=C(NCC)N1CCSC(C)(C)C1.I. The van der Waals surface area contributed by atoms with Gasteiger partial charge in [0.15, 0.2) is 5.96 Å². The number of nitrogens with zero attached hydrogens (tertiary/aromatic N) is 2. The van der Waals surface area contributed by atoms with Gasteiger partial charge in [-0.2, -0.15) is 11.8 Å². The molecule has 1 rings (SSSR count). The van der Waals surface area contributed by atoms with E-state index in [-0.39, 0.29) is 34.6 Å². The number of aliphatic imine (C=N–C) groups is 1. The summed E-state index contributed by atoms with van der Waals surface area (Å²) in [5, 5.41) is 6.26. The van der Waals surface area contributed by atoms with Crippen molar-refractivity contribution in [1.29, 1.82) is 0 Å². The van der Waals surface area contributed by atoms with Gasteiger partial charge in [0, 0.05) is 36.7 Å². The van der Waals surface area contributed by atoms with E-state index in [1.54, 1.807) is 0 Å². The van der Waals surface area contributed by atoms with Crippen LogP contribution >= 0.6 is 35.7 Å². The first kappa shape index (κ1) is 22.8. The van der Waals surface area contributed by atoms with E-state index in [9.17, 15) is 4.79 Å². The zero-order valence-electron chi connectivity index (χ0n) is 15.4. The van der Waals surface area contributed by atoms with Crippen molar-refractivity contribution in [2.24, 2.45) is 10.4 Å². The molecule has 5 nitrogen and oxygen atoms in total. The lowest BCUT2D eigenvalue weighted by atomic mass is 9.92. The number of halogens is 1. The van der Waals surface area contributed by atoms with Gasteiger partial charge in [0.2, 0.25) is 5.91 Å². The summed E-state index contributed by atoms with van der Waals surface area (Å²) < 4.78 is 0.240. The monoisotopic (exact) mass is 456 g/mol. The van der Waals surface area contributed by atoms with E-state index in [0.29, 0.717) is 13.1 Å². The number of hydrogen-bond acceptors (Lipinski definition) is 3. The summed E-state index contributed by atoms with van der Waals surface area (Å²) in [6, 6.07) is 0. The Hall–Kier alpha value is -0.180. The summed E-state index contributed by atoms with van der Waals surface area (Å²) in [6.45, 7) is 16.4. The van der Waals surface area contributed by atoms with E-state index < -0.39 is 5.41 Å². The Balaban J connectivity index is 0.00000484. The fourth-order valence-electron chi connectivity index (χ4n) is 2.37. The summed E-state index contributed by atoms with van der Waals surface area (Å²) in [5.74, 6) is 2.09. The van der Waals surface area contributed by atoms with Crippen LogP contribution in [0.15, 0.2) is 4.99 Å². The molecule has 0 aliphatic carbocycles. The molecule has 136 valence electrons. The number of rotatable bonds is 5. The number of nitrogens with one attached hydrogen (secondary N) is 2. The minimum Gasteiger partial charge on any atom is -0.357 e. The zero-order valence-corrected chi connectivity index (χ0v) is 18.5. The van der Waals surface area contributed by atoms with Gasteiger partial charge in [0.1, 0.15) is 0 Å². The first-order valence-corrected chi connectivity index (χ1v) is 9.16. The van der Waals surface area contributed by atoms with E-state index in [2.05, 4.69) is 36.3 Å². The van der Waals surface area contributed by atoms with Crippen molar-refractivity contribution >= 4 is 47.6 Å². The van der Waals surface area contributed by atoms with Crippen LogP contribution in [0.4, 0.5) is 0 Å². The molecular weight excluding hydrogens is 423 g/mol. The van der Waals surface area contributed by atoms with Gasteiger partial charge in [-0.1, -0.05) is 0 Å². The lowest BCUT2D eigenvalue weighted by molar-refractivity contribution is -0.128. The van der Waals surface area contributed by atoms with Crippen LogP contribution < -0.4 is 10.6 Å². The predicted molar refractivity (Wildman–Crippen MR) is 112 cm³/mol. The lowest BCUT2D eigenvalue weighted by Gasteiger charge is -2.39. The van der Waals surface area contributed by atoms with Gasteiger partial charge < -0.3 is 15.5 Å². The van der Waals surface area contributed by atoms with Crippen LogP contribution in [0.2, 0.25) is 0 Å². The maximum Gasteiger partial charge on any atom is 0.227 e. The molecule has 0 atom stereocenters. The molecule has 1 amide bonds. The highest BCUT2D eigenvalue weighted by atomic mass is 127. The number of carbonyl (C=O) groups is 1. The Morgan fingerprint density at radius 1 is 1.26 bits per heavy atom. The number of guanidine groups is 1. The fraction of sp³-hybridized carbons (Fsp3) is 0.875. The van der Waals surface area contributed by atoms with Crippen LogP contribution in [0.25, 0.3) is 0 Å². The molecular formula is C16H33IN4OS. The second-order valence-electron chi connectivity index (χ2n) is 6.94. The van der Waals surface area contributed by atoms with Crippen LogP contribution in [0.5, 0.6) is 0 Å². The van der Waals surface area contributed by atoms with Crippen molar-refractivity contribution in [3.63, 3.8) is 0 Å². The topological polar surface area (TPSA) is 56.7 Å². The predicted octanol–water partition coefficient (Wildman–Crippen LogP) is 2.56. The summed E-state index contributed by atoms with van der Waals surface area (Å²) in [5.41, 5.74) is -0.489.